The zero-order valence-corrected chi connectivity index (χ0v) is 10.5. The van der Waals surface area contributed by atoms with E-state index in [9.17, 15) is 9.59 Å². The van der Waals surface area contributed by atoms with Gasteiger partial charge < -0.3 is 19.9 Å². The summed E-state index contributed by atoms with van der Waals surface area (Å²) < 4.78 is 10.2. The maximum Gasteiger partial charge on any atom is 0.328 e. The molecule has 0 heterocycles. The topological polar surface area (TPSA) is 84.9 Å². The third kappa shape index (κ3) is 6.23. The van der Waals surface area contributed by atoms with Crippen LogP contribution in [-0.4, -0.2) is 37.3 Å². The monoisotopic (exact) mass is 265 g/mol. The Morgan fingerprint density at radius 1 is 1.32 bits per heavy atom. The van der Waals surface area contributed by atoms with Crippen molar-refractivity contribution in [1.82, 2.24) is 0 Å². The second-order valence-electron chi connectivity index (χ2n) is 3.53. The van der Waals surface area contributed by atoms with Crippen molar-refractivity contribution in [2.75, 3.05) is 25.6 Å². The minimum Gasteiger partial charge on any atom is -0.491 e. The van der Waals surface area contributed by atoms with Gasteiger partial charge in [-0.15, -0.1) is 0 Å². The van der Waals surface area contributed by atoms with E-state index >= 15 is 0 Å². The van der Waals surface area contributed by atoms with Gasteiger partial charge in [0.05, 0.1) is 6.61 Å². The van der Waals surface area contributed by atoms with Gasteiger partial charge in [-0.1, -0.05) is 6.07 Å². The van der Waals surface area contributed by atoms with Gasteiger partial charge in [-0.2, -0.15) is 0 Å². The van der Waals surface area contributed by atoms with Crippen molar-refractivity contribution in [1.29, 1.82) is 0 Å². The maximum atomic E-state index is 11.4. The van der Waals surface area contributed by atoms with Gasteiger partial charge in [0.2, 0.25) is 5.91 Å². The smallest absolute Gasteiger partial charge is 0.328 e. The van der Waals surface area contributed by atoms with Gasteiger partial charge in [-0.3, -0.25) is 4.79 Å². The molecule has 6 nitrogen and oxygen atoms in total. The average molecular weight is 265 g/mol. The highest BCUT2D eigenvalue weighted by Crippen LogP contribution is 2.17. The molecule has 0 saturated heterocycles. The predicted molar refractivity (Wildman–Crippen MR) is 69.2 cm³/mol. The molecule has 0 spiro atoms. The molecule has 1 aromatic carbocycles. The van der Waals surface area contributed by atoms with Crippen LogP contribution in [0.2, 0.25) is 0 Å². The van der Waals surface area contributed by atoms with E-state index in [1.807, 2.05) is 0 Å². The number of nitrogens with one attached hydrogen (secondary N) is 1. The fourth-order valence-electron chi connectivity index (χ4n) is 1.24. The van der Waals surface area contributed by atoms with Crippen molar-refractivity contribution in [3.8, 4) is 5.75 Å². The first-order chi connectivity index (χ1) is 9.11. The number of methoxy groups -OCH3 is 1. The minimum absolute atomic E-state index is 0.410. The van der Waals surface area contributed by atoms with Gasteiger partial charge in [0.25, 0.3) is 0 Å². The fraction of sp³-hybridized carbons (Fsp3) is 0.231. The largest absolute Gasteiger partial charge is 0.491 e. The highest BCUT2D eigenvalue weighted by molar-refractivity contribution is 6.02. The first-order valence-corrected chi connectivity index (χ1v) is 5.55. The lowest BCUT2D eigenvalue weighted by molar-refractivity contribution is -0.131. The zero-order chi connectivity index (χ0) is 14.1. The number of aliphatic carboxylic acids is 1. The molecule has 0 saturated carbocycles. The van der Waals surface area contributed by atoms with Crippen LogP contribution >= 0.6 is 0 Å². The molecule has 1 amide bonds. The second kappa shape index (κ2) is 7.88. The number of carboxylic acid groups (broad SMARTS) is 1. The summed E-state index contributed by atoms with van der Waals surface area (Å²) in [5, 5.41) is 10.9. The van der Waals surface area contributed by atoms with Gasteiger partial charge in [0, 0.05) is 31.0 Å². The van der Waals surface area contributed by atoms with E-state index in [0.29, 0.717) is 24.7 Å². The molecule has 1 rings (SSSR count). The Balaban J connectivity index is 2.56. The molecule has 0 bridgehead atoms. The van der Waals surface area contributed by atoms with Crippen molar-refractivity contribution in [2.24, 2.45) is 0 Å². The van der Waals surface area contributed by atoms with Crippen LogP contribution in [0.4, 0.5) is 5.69 Å². The van der Waals surface area contributed by atoms with Gasteiger partial charge in [-0.25, -0.2) is 4.79 Å². The number of hydrogen-bond acceptors (Lipinski definition) is 4. The van der Waals surface area contributed by atoms with Crippen LogP contribution in [0.25, 0.3) is 0 Å². The summed E-state index contributed by atoms with van der Waals surface area (Å²) in [5.74, 6) is -1.10. The summed E-state index contributed by atoms with van der Waals surface area (Å²) in [6, 6.07) is 6.79. The Hall–Kier alpha value is -2.34. The molecule has 1 aromatic rings. The first kappa shape index (κ1) is 14.7. The van der Waals surface area contributed by atoms with Gasteiger partial charge in [-0.05, 0) is 12.1 Å². The summed E-state index contributed by atoms with van der Waals surface area (Å²) in [6.07, 6.45) is 1.72. The molecule has 0 aromatic heterocycles. The molecule has 0 radical (unpaired) electrons. The number of amides is 1. The number of carbonyl (C=O) groups is 2. The van der Waals surface area contributed by atoms with Gasteiger partial charge >= 0.3 is 5.97 Å². The predicted octanol–water partition coefficient (Wildman–Crippen LogP) is 1.29. The van der Waals surface area contributed by atoms with E-state index in [2.05, 4.69) is 5.32 Å². The average Bonchev–Trinajstić information content (AvgIpc) is 2.37. The summed E-state index contributed by atoms with van der Waals surface area (Å²) in [6.45, 7) is 0.880. The Morgan fingerprint density at radius 2 is 2.11 bits per heavy atom. The third-order valence-corrected chi connectivity index (χ3v) is 2.04. The first-order valence-electron chi connectivity index (χ1n) is 5.55. The van der Waals surface area contributed by atoms with Crippen molar-refractivity contribution in [3.63, 3.8) is 0 Å². The maximum absolute atomic E-state index is 11.4. The van der Waals surface area contributed by atoms with E-state index in [1.165, 1.54) is 0 Å². The number of ether oxygens (including phenoxy) is 2. The van der Waals surface area contributed by atoms with Crippen LogP contribution in [0.3, 0.4) is 0 Å². The van der Waals surface area contributed by atoms with Gasteiger partial charge in [0.1, 0.15) is 12.4 Å². The molecular formula is C13H15NO5. The van der Waals surface area contributed by atoms with Crippen LogP contribution in [0.1, 0.15) is 0 Å². The zero-order valence-electron chi connectivity index (χ0n) is 10.5. The van der Waals surface area contributed by atoms with Crippen LogP contribution in [0.5, 0.6) is 5.75 Å². The number of carbonyl (C=O) groups excluding carboxylic acids is 1. The highest BCUT2D eigenvalue weighted by atomic mass is 16.5. The molecule has 0 unspecified atom stereocenters. The standard InChI is InChI=1S/C13H15NO5/c1-18-7-8-19-11-4-2-3-10(9-11)14-12(15)5-6-13(16)17/h2-6,9H,7-8H2,1H3,(H,14,15)(H,16,17)/b6-5+. The fourth-order valence-corrected chi connectivity index (χ4v) is 1.24. The van der Waals surface area contributed by atoms with Crippen LogP contribution < -0.4 is 10.1 Å². The lowest BCUT2D eigenvalue weighted by Gasteiger charge is -2.07. The Bertz CT molecular complexity index is 470. The van der Waals surface area contributed by atoms with E-state index < -0.39 is 11.9 Å². The Morgan fingerprint density at radius 3 is 2.79 bits per heavy atom. The number of benzene rings is 1. The molecule has 6 heteroatoms. The van der Waals surface area contributed by atoms with Crippen molar-refractivity contribution >= 4 is 17.6 Å². The van der Waals surface area contributed by atoms with E-state index in [0.717, 1.165) is 12.2 Å². The number of rotatable bonds is 7. The lowest BCUT2D eigenvalue weighted by atomic mass is 10.3. The Kier molecular flexibility index (Phi) is 6.11. The number of anilines is 1. The molecular weight excluding hydrogens is 250 g/mol. The summed E-state index contributed by atoms with van der Waals surface area (Å²) in [4.78, 5) is 21.6. The molecule has 19 heavy (non-hydrogen) atoms. The normalized spacial score (nSPS) is 10.4. The van der Waals surface area contributed by atoms with Crippen molar-refractivity contribution in [2.45, 2.75) is 0 Å². The van der Waals surface area contributed by atoms with Crippen LogP contribution in [0, 0.1) is 0 Å². The van der Waals surface area contributed by atoms with E-state index in [4.69, 9.17) is 14.6 Å². The summed E-state index contributed by atoms with van der Waals surface area (Å²) in [5.41, 5.74) is 0.523. The minimum atomic E-state index is -1.17. The molecule has 0 fully saturated rings. The molecule has 102 valence electrons. The van der Waals surface area contributed by atoms with Crippen molar-refractivity contribution in [3.05, 3.63) is 36.4 Å². The quantitative estimate of drug-likeness (QED) is 0.573. The highest BCUT2D eigenvalue weighted by Gasteiger charge is 2.01. The van der Waals surface area contributed by atoms with Crippen LogP contribution in [-0.2, 0) is 14.3 Å². The van der Waals surface area contributed by atoms with E-state index in [-0.39, 0.29) is 0 Å². The summed E-state index contributed by atoms with van der Waals surface area (Å²) in [7, 11) is 1.58. The Labute approximate surface area is 110 Å². The van der Waals surface area contributed by atoms with Crippen molar-refractivity contribution < 1.29 is 24.2 Å². The molecule has 2 N–H and O–H groups in total. The molecule has 0 aliphatic carbocycles. The second-order valence-corrected chi connectivity index (χ2v) is 3.53. The summed E-state index contributed by atoms with van der Waals surface area (Å²) >= 11 is 0. The molecule has 0 atom stereocenters. The molecule has 0 aliphatic heterocycles. The SMILES string of the molecule is COCCOc1cccc(NC(=O)/C=C/C(=O)O)c1. The number of hydrogen-bond donors (Lipinski definition) is 2. The third-order valence-electron chi connectivity index (χ3n) is 2.04. The van der Waals surface area contributed by atoms with Gasteiger partial charge in [0.15, 0.2) is 0 Å². The van der Waals surface area contributed by atoms with E-state index in [1.54, 1.807) is 31.4 Å². The lowest BCUT2D eigenvalue weighted by Crippen LogP contribution is -2.09. The number of carboxylic acids is 1. The van der Waals surface area contributed by atoms with Crippen LogP contribution in [0.15, 0.2) is 36.4 Å². The molecule has 0 aliphatic rings.